The van der Waals surface area contributed by atoms with Crippen LogP contribution in [0.1, 0.15) is 18.4 Å². The minimum atomic E-state index is -0.209. The maximum absolute atomic E-state index is 9.11. The molecule has 2 heterocycles. The van der Waals surface area contributed by atoms with E-state index in [0.717, 1.165) is 27.8 Å². The molecule has 1 fully saturated rings. The zero-order chi connectivity index (χ0) is 10.5. The molecule has 0 amide bonds. The van der Waals surface area contributed by atoms with Crippen LogP contribution in [0.15, 0.2) is 24.5 Å². The van der Waals surface area contributed by atoms with Gasteiger partial charge in [-0.1, -0.05) is 0 Å². The Morgan fingerprint density at radius 1 is 1.53 bits per heavy atom. The van der Waals surface area contributed by atoms with Gasteiger partial charge in [0.15, 0.2) is 0 Å². The fraction of sp³-hybridized carbons (Fsp3) is 0.273. The average molecular weight is 309 g/mol. The van der Waals surface area contributed by atoms with Crippen molar-refractivity contribution in [3.8, 4) is 6.07 Å². The van der Waals surface area contributed by atoms with Gasteiger partial charge in [-0.3, -0.25) is 4.40 Å². The highest BCUT2D eigenvalue weighted by atomic mass is 127. The van der Waals surface area contributed by atoms with E-state index >= 15 is 0 Å². The number of nitrogens with zero attached hydrogens (tertiary/aromatic N) is 3. The fourth-order valence-electron chi connectivity index (χ4n) is 1.84. The lowest BCUT2D eigenvalue weighted by Crippen LogP contribution is -2.03. The second-order valence-electron chi connectivity index (χ2n) is 3.92. The fourth-order valence-corrected chi connectivity index (χ4v) is 2.38. The average Bonchev–Trinajstić information content (AvgIpc) is 2.99. The molecule has 1 aliphatic carbocycles. The third-order valence-corrected chi connectivity index (χ3v) is 3.78. The van der Waals surface area contributed by atoms with E-state index in [0.29, 0.717) is 0 Å². The molecule has 0 radical (unpaired) electrons. The number of nitriles is 1. The summed E-state index contributed by atoms with van der Waals surface area (Å²) in [6.45, 7) is 0. The van der Waals surface area contributed by atoms with Crippen LogP contribution in [0.3, 0.4) is 0 Å². The van der Waals surface area contributed by atoms with E-state index in [1.807, 2.05) is 28.9 Å². The highest BCUT2D eigenvalue weighted by Crippen LogP contribution is 2.47. The first kappa shape index (κ1) is 9.16. The van der Waals surface area contributed by atoms with Gasteiger partial charge in [-0.15, -0.1) is 0 Å². The summed E-state index contributed by atoms with van der Waals surface area (Å²) < 4.78 is 3.12. The van der Waals surface area contributed by atoms with Crippen LogP contribution < -0.4 is 0 Å². The van der Waals surface area contributed by atoms with Crippen molar-refractivity contribution >= 4 is 28.2 Å². The van der Waals surface area contributed by atoms with Crippen molar-refractivity contribution in [1.82, 2.24) is 9.38 Å². The van der Waals surface area contributed by atoms with Gasteiger partial charge in [0.25, 0.3) is 0 Å². The minimum Gasteiger partial charge on any atom is -0.295 e. The van der Waals surface area contributed by atoms with Gasteiger partial charge in [0.05, 0.1) is 17.7 Å². The summed E-state index contributed by atoms with van der Waals surface area (Å²) in [5.74, 6) is 0. The lowest BCUT2D eigenvalue weighted by atomic mass is 9.99. The first-order chi connectivity index (χ1) is 7.25. The van der Waals surface area contributed by atoms with Gasteiger partial charge in [-0.05, 0) is 53.1 Å². The van der Waals surface area contributed by atoms with Crippen molar-refractivity contribution in [3.05, 3.63) is 33.8 Å². The maximum Gasteiger partial charge on any atom is 0.137 e. The molecule has 0 unspecified atom stereocenters. The van der Waals surface area contributed by atoms with Gasteiger partial charge in [0.1, 0.15) is 9.35 Å². The predicted molar refractivity (Wildman–Crippen MR) is 64.4 cm³/mol. The van der Waals surface area contributed by atoms with Crippen molar-refractivity contribution in [1.29, 1.82) is 5.26 Å². The number of hydrogen-bond acceptors (Lipinski definition) is 2. The van der Waals surface area contributed by atoms with Crippen molar-refractivity contribution in [2.24, 2.45) is 0 Å². The Balaban J connectivity index is 2.20. The summed E-state index contributed by atoms with van der Waals surface area (Å²) in [6.07, 6.45) is 5.80. The molecule has 0 spiro atoms. The van der Waals surface area contributed by atoms with Crippen molar-refractivity contribution in [2.45, 2.75) is 18.3 Å². The number of fused-ring (bicyclic) bond motifs is 1. The van der Waals surface area contributed by atoms with E-state index in [4.69, 9.17) is 5.26 Å². The van der Waals surface area contributed by atoms with E-state index in [1.54, 1.807) is 0 Å². The normalized spacial score (nSPS) is 17.6. The lowest BCUT2D eigenvalue weighted by molar-refractivity contribution is 0.901. The molecule has 4 heteroatoms. The summed E-state index contributed by atoms with van der Waals surface area (Å²) in [5.41, 5.74) is 1.83. The molecule has 3 rings (SSSR count). The van der Waals surface area contributed by atoms with Crippen LogP contribution >= 0.6 is 22.6 Å². The van der Waals surface area contributed by atoms with E-state index in [1.165, 1.54) is 0 Å². The van der Waals surface area contributed by atoms with Gasteiger partial charge < -0.3 is 0 Å². The van der Waals surface area contributed by atoms with Crippen LogP contribution in [-0.2, 0) is 5.41 Å². The SMILES string of the molecule is N#CC1(c2ccn3c(I)cnc3c2)CC1. The minimum absolute atomic E-state index is 0.209. The van der Waals surface area contributed by atoms with Crippen LogP contribution in [0.2, 0.25) is 0 Å². The van der Waals surface area contributed by atoms with Crippen molar-refractivity contribution < 1.29 is 0 Å². The number of aromatic nitrogens is 2. The maximum atomic E-state index is 9.11. The van der Waals surface area contributed by atoms with Gasteiger partial charge in [0.2, 0.25) is 0 Å². The third-order valence-electron chi connectivity index (χ3n) is 2.98. The van der Waals surface area contributed by atoms with Gasteiger partial charge in [-0.25, -0.2) is 4.98 Å². The molecular formula is C11H8IN3. The molecule has 2 aromatic heterocycles. The zero-order valence-corrected chi connectivity index (χ0v) is 10.1. The van der Waals surface area contributed by atoms with E-state index in [9.17, 15) is 0 Å². The monoisotopic (exact) mass is 309 g/mol. The molecule has 15 heavy (non-hydrogen) atoms. The van der Waals surface area contributed by atoms with E-state index in [2.05, 4.69) is 33.6 Å². The van der Waals surface area contributed by atoms with Crippen molar-refractivity contribution in [2.75, 3.05) is 0 Å². The molecular weight excluding hydrogens is 301 g/mol. The molecule has 0 bridgehead atoms. The Morgan fingerprint density at radius 2 is 2.33 bits per heavy atom. The van der Waals surface area contributed by atoms with Gasteiger partial charge in [-0.2, -0.15) is 5.26 Å². The summed E-state index contributed by atoms with van der Waals surface area (Å²) >= 11 is 2.25. The zero-order valence-electron chi connectivity index (χ0n) is 7.94. The smallest absolute Gasteiger partial charge is 0.137 e. The molecule has 0 saturated heterocycles. The number of halogens is 1. The Morgan fingerprint density at radius 3 is 3.00 bits per heavy atom. The van der Waals surface area contributed by atoms with Crippen LogP contribution in [0.4, 0.5) is 0 Å². The highest BCUT2D eigenvalue weighted by molar-refractivity contribution is 14.1. The van der Waals surface area contributed by atoms with Crippen LogP contribution in [0.5, 0.6) is 0 Å². The molecule has 2 aromatic rings. The van der Waals surface area contributed by atoms with Crippen LogP contribution in [-0.4, -0.2) is 9.38 Å². The predicted octanol–water partition coefficient (Wildman–Crippen LogP) is 2.49. The standard InChI is InChI=1S/C11H8IN3/c12-9-6-14-10-5-8(1-4-15(9)10)11(7-13)2-3-11/h1,4-6H,2-3H2. The molecule has 0 atom stereocenters. The van der Waals surface area contributed by atoms with Gasteiger partial charge in [0, 0.05) is 6.20 Å². The number of hydrogen-bond donors (Lipinski definition) is 0. The van der Waals surface area contributed by atoms with Crippen molar-refractivity contribution in [3.63, 3.8) is 0 Å². The highest BCUT2D eigenvalue weighted by Gasteiger charge is 2.45. The summed E-state index contributed by atoms with van der Waals surface area (Å²) in [7, 11) is 0. The molecule has 0 N–H and O–H groups in total. The molecule has 74 valence electrons. The number of pyridine rings is 1. The van der Waals surface area contributed by atoms with Gasteiger partial charge >= 0.3 is 0 Å². The molecule has 0 aliphatic heterocycles. The molecule has 0 aromatic carbocycles. The second-order valence-corrected chi connectivity index (χ2v) is 5.02. The second kappa shape index (κ2) is 2.95. The molecule has 3 nitrogen and oxygen atoms in total. The van der Waals surface area contributed by atoms with Crippen LogP contribution in [0.25, 0.3) is 5.65 Å². The third kappa shape index (κ3) is 1.26. The van der Waals surface area contributed by atoms with E-state index < -0.39 is 0 Å². The quantitative estimate of drug-likeness (QED) is 0.760. The summed E-state index contributed by atoms with van der Waals surface area (Å²) in [4.78, 5) is 4.30. The Hall–Kier alpha value is -1.09. The molecule has 1 saturated carbocycles. The topological polar surface area (TPSA) is 41.1 Å². The number of rotatable bonds is 1. The first-order valence-corrected chi connectivity index (χ1v) is 5.87. The first-order valence-electron chi connectivity index (χ1n) is 4.79. The largest absolute Gasteiger partial charge is 0.295 e. The number of imidazole rings is 1. The Kier molecular flexibility index (Phi) is 1.80. The summed E-state index contributed by atoms with van der Waals surface area (Å²) in [6, 6.07) is 6.46. The van der Waals surface area contributed by atoms with Crippen LogP contribution in [0, 0.1) is 15.0 Å². The Labute approximate surface area is 101 Å². The molecule has 1 aliphatic rings. The van der Waals surface area contributed by atoms with E-state index in [-0.39, 0.29) is 5.41 Å². The summed E-state index contributed by atoms with van der Waals surface area (Å²) in [5, 5.41) is 9.11. The lowest BCUT2D eigenvalue weighted by Gasteiger charge is -2.06. The Bertz CT molecular complexity index is 575.